The van der Waals surface area contributed by atoms with Crippen LogP contribution in [0.2, 0.25) is 0 Å². The monoisotopic (exact) mass is 574 g/mol. The number of hydrogen-bond acceptors (Lipinski definition) is 3. The van der Waals surface area contributed by atoms with Crippen LogP contribution < -0.4 is 5.32 Å². The summed E-state index contributed by atoms with van der Waals surface area (Å²) in [7, 11) is 0. The number of halogens is 7. The first-order valence-corrected chi connectivity index (χ1v) is 11.6. The van der Waals surface area contributed by atoms with Gasteiger partial charge in [-0.15, -0.1) is 11.3 Å². The summed E-state index contributed by atoms with van der Waals surface area (Å²) in [6, 6.07) is 10.2. The lowest BCUT2D eigenvalue weighted by Crippen LogP contribution is -2.35. The Hall–Kier alpha value is -2.84. The fourth-order valence-electron chi connectivity index (χ4n) is 3.36. The van der Waals surface area contributed by atoms with Crippen molar-refractivity contribution in [3.63, 3.8) is 0 Å². The fraction of sp³-hybridized carbons (Fsp3) is 0.250. The molecule has 1 aromatic heterocycles. The van der Waals surface area contributed by atoms with E-state index in [0.29, 0.717) is 26.4 Å². The average molecular weight is 575 g/mol. The molecule has 3 aromatic rings. The second-order valence-corrected chi connectivity index (χ2v) is 10.6. The van der Waals surface area contributed by atoms with Gasteiger partial charge in [0.25, 0.3) is 0 Å². The summed E-state index contributed by atoms with van der Waals surface area (Å²) in [5, 5.41) is 12.2. The molecule has 1 amide bonds. The number of hydrogen-bond donors (Lipinski definition) is 1. The molecule has 2 aromatic carbocycles. The van der Waals surface area contributed by atoms with E-state index in [1.807, 2.05) is 19.1 Å². The van der Waals surface area contributed by atoms with Crippen LogP contribution in [-0.4, -0.2) is 5.91 Å². The minimum absolute atomic E-state index is 0.0115. The molecule has 1 N–H and O–H groups in total. The Labute approximate surface area is 209 Å². The summed E-state index contributed by atoms with van der Waals surface area (Å²) in [4.78, 5) is 13.8. The van der Waals surface area contributed by atoms with Gasteiger partial charge in [-0.1, -0.05) is 24.3 Å². The zero-order valence-corrected chi connectivity index (χ0v) is 20.9. The van der Waals surface area contributed by atoms with Gasteiger partial charge in [0.2, 0.25) is 5.91 Å². The van der Waals surface area contributed by atoms with Crippen LogP contribution in [0, 0.1) is 18.3 Å². The molecule has 0 atom stereocenters. The van der Waals surface area contributed by atoms with Crippen molar-refractivity contribution in [1.29, 1.82) is 5.26 Å². The minimum Gasteiger partial charge on any atom is -0.323 e. The number of benzene rings is 2. The molecule has 0 aliphatic heterocycles. The van der Waals surface area contributed by atoms with Gasteiger partial charge in [0, 0.05) is 0 Å². The van der Waals surface area contributed by atoms with Gasteiger partial charge in [0.1, 0.15) is 11.6 Å². The summed E-state index contributed by atoms with van der Waals surface area (Å²) >= 11 is 4.47. The van der Waals surface area contributed by atoms with E-state index in [0.717, 1.165) is 5.56 Å². The van der Waals surface area contributed by atoms with Crippen molar-refractivity contribution in [3.05, 3.63) is 74.1 Å². The molecule has 3 nitrogen and oxygen atoms in total. The first-order valence-electron chi connectivity index (χ1n) is 9.97. The van der Waals surface area contributed by atoms with E-state index >= 15 is 0 Å². The first-order chi connectivity index (χ1) is 16.1. The molecule has 0 fully saturated rings. The molecular weight excluding hydrogens is 558 g/mol. The van der Waals surface area contributed by atoms with Gasteiger partial charge in [-0.05, 0) is 71.6 Å². The average Bonchev–Trinajstić information content (AvgIpc) is 3.07. The third-order valence-electron chi connectivity index (χ3n) is 5.48. The third kappa shape index (κ3) is 5.38. The van der Waals surface area contributed by atoms with E-state index in [1.54, 1.807) is 18.2 Å². The van der Waals surface area contributed by atoms with Gasteiger partial charge in [-0.25, -0.2) is 0 Å². The van der Waals surface area contributed by atoms with Crippen LogP contribution in [0.5, 0.6) is 0 Å². The van der Waals surface area contributed by atoms with Crippen LogP contribution in [0.1, 0.15) is 41.7 Å². The van der Waals surface area contributed by atoms with E-state index in [-0.39, 0.29) is 17.3 Å². The lowest BCUT2D eigenvalue weighted by molar-refractivity contribution is -0.143. The first kappa shape index (κ1) is 26.8. The lowest BCUT2D eigenvalue weighted by Gasteiger charge is -2.26. The molecule has 184 valence electrons. The predicted octanol–water partition coefficient (Wildman–Crippen LogP) is 8.31. The van der Waals surface area contributed by atoms with Crippen molar-refractivity contribution in [1.82, 2.24) is 0 Å². The Balaban J connectivity index is 2.12. The summed E-state index contributed by atoms with van der Waals surface area (Å²) in [5.41, 5.74) is -3.54. The maximum Gasteiger partial charge on any atom is 0.416 e. The maximum absolute atomic E-state index is 13.3. The van der Waals surface area contributed by atoms with Gasteiger partial charge in [0.15, 0.2) is 0 Å². The number of aryl methyl sites for hydroxylation is 1. The van der Waals surface area contributed by atoms with E-state index in [1.165, 1.54) is 25.2 Å². The number of thiophene rings is 1. The number of carbonyl (C=O) groups excluding carboxylic acids is 1. The highest BCUT2D eigenvalue weighted by atomic mass is 79.9. The zero-order chi connectivity index (χ0) is 26.3. The van der Waals surface area contributed by atoms with Crippen molar-refractivity contribution in [2.45, 2.75) is 38.5 Å². The number of nitrogens with zero attached hydrogens (tertiary/aromatic N) is 1. The molecule has 0 aliphatic rings. The summed E-state index contributed by atoms with van der Waals surface area (Å²) in [6.07, 6.45) is -10.1. The summed E-state index contributed by atoms with van der Waals surface area (Å²) in [6.45, 7) is 4.27. The second kappa shape index (κ2) is 9.32. The van der Waals surface area contributed by atoms with Crippen LogP contribution in [-0.2, 0) is 22.6 Å². The topological polar surface area (TPSA) is 52.9 Å². The van der Waals surface area contributed by atoms with E-state index in [4.69, 9.17) is 0 Å². The Morgan fingerprint density at radius 1 is 0.971 bits per heavy atom. The van der Waals surface area contributed by atoms with E-state index < -0.39 is 40.4 Å². The number of amides is 1. The standard InChI is InChI=1S/C24H17BrF6N2OS/c1-12-6-4-5-7-16(12)19-18(17(11-32)20(25)35-19)33-21(34)22(2,3)13-8-14(23(26,27)28)10-15(9-13)24(29,30)31/h4-10H,1-3H3,(H,33,34). The molecule has 11 heteroatoms. The van der Waals surface area contributed by atoms with Gasteiger partial charge in [-0.2, -0.15) is 31.6 Å². The normalized spacial score (nSPS) is 12.4. The maximum atomic E-state index is 13.3. The molecule has 0 aliphatic carbocycles. The van der Waals surface area contributed by atoms with Crippen LogP contribution in [0.25, 0.3) is 10.4 Å². The third-order valence-corrected chi connectivity index (χ3v) is 7.38. The Morgan fingerprint density at radius 2 is 1.49 bits per heavy atom. The van der Waals surface area contributed by atoms with Gasteiger partial charge in [-0.3, -0.25) is 4.79 Å². The van der Waals surface area contributed by atoms with Crippen molar-refractivity contribution < 1.29 is 31.1 Å². The molecular formula is C24H17BrF6N2OS. The van der Waals surface area contributed by atoms with Crippen LogP contribution in [0.15, 0.2) is 46.3 Å². The Bertz CT molecular complexity index is 1300. The number of nitriles is 1. The van der Waals surface area contributed by atoms with Crippen molar-refractivity contribution in [3.8, 4) is 16.5 Å². The molecule has 3 rings (SSSR count). The number of nitrogens with one attached hydrogen (secondary N) is 1. The van der Waals surface area contributed by atoms with Crippen LogP contribution in [0.4, 0.5) is 32.0 Å². The van der Waals surface area contributed by atoms with Crippen LogP contribution in [0.3, 0.4) is 0 Å². The molecule has 0 unspecified atom stereocenters. The largest absolute Gasteiger partial charge is 0.416 e. The van der Waals surface area contributed by atoms with Crippen molar-refractivity contribution >= 4 is 38.9 Å². The second-order valence-electron chi connectivity index (χ2n) is 8.26. The molecule has 0 saturated carbocycles. The van der Waals surface area contributed by atoms with Crippen LogP contribution >= 0.6 is 27.3 Å². The predicted molar refractivity (Wildman–Crippen MR) is 125 cm³/mol. The van der Waals surface area contributed by atoms with Gasteiger partial charge < -0.3 is 5.32 Å². The van der Waals surface area contributed by atoms with Gasteiger partial charge >= 0.3 is 12.4 Å². The molecule has 0 radical (unpaired) electrons. The van der Waals surface area contributed by atoms with Gasteiger partial charge in [0.05, 0.1) is 30.9 Å². The fourth-order valence-corrected chi connectivity index (χ4v) is 5.15. The molecule has 35 heavy (non-hydrogen) atoms. The lowest BCUT2D eigenvalue weighted by atomic mass is 9.81. The highest BCUT2D eigenvalue weighted by Crippen LogP contribution is 2.45. The number of rotatable bonds is 4. The highest BCUT2D eigenvalue weighted by Gasteiger charge is 2.40. The summed E-state index contributed by atoms with van der Waals surface area (Å²) in [5.74, 6) is -0.874. The Morgan fingerprint density at radius 3 is 1.97 bits per heavy atom. The SMILES string of the molecule is Cc1ccccc1-c1sc(Br)c(C#N)c1NC(=O)C(C)(C)c1cc(C(F)(F)F)cc(C(F)(F)F)c1. The van der Waals surface area contributed by atoms with Crippen molar-refractivity contribution in [2.24, 2.45) is 0 Å². The highest BCUT2D eigenvalue weighted by molar-refractivity contribution is 9.11. The molecule has 0 saturated heterocycles. The Kier molecular flexibility index (Phi) is 7.12. The number of carbonyl (C=O) groups is 1. The molecule has 0 bridgehead atoms. The van der Waals surface area contributed by atoms with Crippen molar-refractivity contribution in [2.75, 3.05) is 5.32 Å². The summed E-state index contributed by atoms with van der Waals surface area (Å²) < 4.78 is 80.5. The van der Waals surface area contributed by atoms with E-state index in [9.17, 15) is 36.4 Å². The molecule has 0 spiro atoms. The minimum atomic E-state index is -5.05. The number of alkyl halides is 6. The zero-order valence-electron chi connectivity index (χ0n) is 18.5. The molecule has 1 heterocycles. The quantitative estimate of drug-likeness (QED) is 0.318. The smallest absolute Gasteiger partial charge is 0.323 e. The number of anilines is 1. The van der Waals surface area contributed by atoms with E-state index in [2.05, 4.69) is 21.2 Å².